The van der Waals surface area contributed by atoms with E-state index in [1.807, 2.05) is 13.0 Å². The minimum absolute atomic E-state index is 0.0947. The Morgan fingerprint density at radius 3 is 2.65 bits per heavy atom. The highest BCUT2D eigenvalue weighted by molar-refractivity contribution is 9.10. The molecule has 0 saturated carbocycles. The first-order valence-electron chi connectivity index (χ1n) is 5.30. The van der Waals surface area contributed by atoms with Gasteiger partial charge in [0.15, 0.2) is 0 Å². The standard InChI is InChI=1S/C11H17BrN2O2S/c1-8-4-5-10(12)6-11(8)17(15,16)14-7-9(2)13-3/h4-6,9,13-14H,7H2,1-3H3. The van der Waals surface area contributed by atoms with Crippen molar-refractivity contribution in [3.8, 4) is 0 Å². The number of likely N-dealkylation sites (N-methyl/N-ethyl adjacent to an activating group) is 1. The first-order valence-corrected chi connectivity index (χ1v) is 7.57. The lowest BCUT2D eigenvalue weighted by atomic mass is 10.2. The number of hydrogen-bond acceptors (Lipinski definition) is 3. The molecule has 0 amide bonds. The van der Waals surface area contributed by atoms with Gasteiger partial charge in [-0.3, -0.25) is 0 Å². The van der Waals surface area contributed by atoms with Crippen LogP contribution in [0.5, 0.6) is 0 Å². The minimum atomic E-state index is -3.44. The normalized spacial score (nSPS) is 13.6. The van der Waals surface area contributed by atoms with Crippen molar-refractivity contribution < 1.29 is 8.42 Å². The van der Waals surface area contributed by atoms with E-state index in [1.165, 1.54) is 0 Å². The van der Waals surface area contributed by atoms with E-state index in [9.17, 15) is 8.42 Å². The molecule has 6 heteroatoms. The van der Waals surface area contributed by atoms with Gasteiger partial charge in [0, 0.05) is 17.1 Å². The Balaban J connectivity index is 2.93. The molecule has 0 radical (unpaired) electrons. The summed E-state index contributed by atoms with van der Waals surface area (Å²) in [5.74, 6) is 0. The molecule has 0 heterocycles. The third kappa shape index (κ3) is 4.06. The summed E-state index contributed by atoms with van der Waals surface area (Å²) in [6.07, 6.45) is 0. The van der Waals surface area contributed by atoms with Crippen LogP contribution in [0.1, 0.15) is 12.5 Å². The zero-order chi connectivity index (χ0) is 13.1. The molecule has 0 aliphatic rings. The Bertz CT molecular complexity index is 488. The van der Waals surface area contributed by atoms with E-state index >= 15 is 0 Å². The quantitative estimate of drug-likeness (QED) is 0.867. The smallest absolute Gasteiger partial charge is 0.240 e. The molecule has 0 aromatic heterocycles. The Kier molecular flexibility index (Phi) is 5.12. The molecule has 0 saturated heterocycles. The predicted octanol–water partition coefficient (Wildman–Crippen LogP) is 1.64. The van der Waals surface area contributed by atoms with Crippen molar-refractivity contribution in [1.82, 2.24) is 10.0 Å². The van der Waals surface area contributed by atoms with Crippen molar-refractivity contribution in [3.63, 3.8) is 0 Å². The lowest BCUT2D eigenvalue weighted by Crippen LogP contribution is -2.37. The number of rotatable bonds is 5. The van der Waals surface area contributed by atoms with Crippen LogP contribution in [-0.2, 0) is 10.0 Å². The molecule has 17 heavy (non-hydrogen) atoms. The van der Waals surface area contributed by atoms with E-state index in [0.29, 0.717) is 11.4 Å². The molecule has 0 bridgehead atoms. The van der Waals surface area contributed by atoms with E-state index in [1.54, 1.807) is 26.1 Å². The molecule has 1 atom stereocenters. The molecule has 1 aromatic carbocycles. The molecule has 0 aliphatic carbocycles. The molecule has 2 N–H and O–H groups in total. The van der Waals surface area contributed by atoms with E-state index in [2.05, 4.69) is 26.0 Å². The SMILES string of the molecule is CNC(C)CNS(=O)(=O)c1cc(Br)ccc1C. The average molecular weight is 321 g/mol. The van der Waals surface area contributed by atoms with Crippen molar-refractivity contribution in [2.24, 2.45) is 0 Å². The summed E-state index contributed by atoms with van der Waals surface area (Å²) in [5.41, 5.74) is 0.734. The van der Waals surface area contributed by atoms with Crippen LogP contribution in [0.15, 0.2) is 27.6 Å². The number of halogens is 1. The van der Waals surface area contributed by atoms with E-state index in [-0.39, 0.29) is 6.04 Å². The van der Waals surface area contributed by atoms with Crippen LogP contribution >= 0.6 is 15.9 Å². The van der Waals surface area contributed by atoms with Gasteiger partial charge in [-0.25, -0.2) is 13.1 Å². The van der Waals surface area contributed by atoms with Crippen LogP contribution in [0.2, 0.25) is 0 Å². The van der Waals surface area contributed by atoms with Crippen LogP contribution in [0.25, 0.3) is 0 Å². The Morgan fingerprint density at radius 1 is 1.41 bits per heavy atom. The first kappa shape index (κ1) is 14.6. The van der Waals surface area contributed by atoms with Gasteiger partial charge in [-0.15, -0.1) is 0 Å². The summed E-state index contributed by atoms with van der Waals surface area (Å²) in [4.78, 5) is 0.315. The topological polar surface area (TPSA) is 58.2 Å². The average Bonchev–Trinajstić information content (AvgIpc) is 2.29. The van der Waals surface area contributed by atoms with Crippen LogP contribution in [0, 0.1) is 6.92 Å². The summed E-state index contributed by atoms with van der Waals surface area (Å²) >= 11 is 3.28. The molecule has 0 aliphatic heterocycles. The first-order chi connectivity index (χ1) is 7.86. The fourth-order valence-corrected chi connectivity index (χ4v) is 3.19. The summed E-state index contributed by atoms with van der Waals surface area (Å²) in [6, 6.07) is 5.31. The monoisotopic (exact) mass is 320 g/mol. The molecular formula is C11H17BrN2O2S. The fourth-order valence-electron chi connectivity index (χ4n) is 1.28. The Labute approximate surface area is 111 Å². The maximum Gasteiger partial charge on any atom is 0.240 e. The van der Waals surface area contributed by atoms with Gasteiger partial charge in [0.2, 0.25) is 10.0 Å². The zero-order valence-electron chi connectivity index (χ0n) is 10.1. The third-order valence-corrected chi connectivity index (χ3v) is 4.57. The summed E-state index contributed by atoms with van der Waals surface area (Å²) in [7, 11) is -1.64. The lowest BCUT2D eigenvalue weighted by Gasteiger charge is -2.13. The van der Waals surface area contributed by atoms with Gasteiger partial charge in [-0.05, 0) is 38.6 Å². The molecular weight excluding hydrogens is 304 g/mol. The maximum absolute atomic E-state index is 12.1. The van der Waals surface area contributed by atoms with Gasteiger partial charge in [-0.1, -0.05) is 22.0 Å². The van der Waals surface area contributed by atoms with Crippen LogP contribution in [0.3, 0.4) is 0 Å². The summed E-state index contributed by atoms with van der Waals surface area (Å²) in [5, 5.41) is 2.98. The van der Waals surface area contributed by atoms with Gasteiger partial charge < -0.3 is 5.32 Å². The summed E-state index contributed by atoms with van der Waals surface area (Å²) < 4.78 is 27.5. The molecule has 1 rings (SSSR count). The number of aryl methyl sites for hydroxylation is 1. The highest BCUT2D eigenvalue weighted by Gasteiger charge is 2.17. The third-order valence-electron chi connectivity index (χ3n) is 2.51. The van der Waals surface area contributed by atoms with Crippen molar-refractivity contribution in [3.05, 3.63) is 28.2 Å². The van der Waals surface area contributed by atoms with Crippen LogP contribution in [0.4, 0.5) is 0 Å². The molecule has 0 fully saturated rings. The zero-order valence-corrected chi connectivity index (χ0v) is 12.5. The van der Waals surface area contributed by atoms with Crippen molar-refractivity contribution >= 4 is 26.0 Å². The van der Waals surface area contributed by atoms with Gasteiger partial charge in [0.05, 0.1) is 4.90 Å². The Morgan fingerprint density at radius 2 is 2.06 bits per heavy atom. The summed E-state index contributed by atoms with van der Waals surface area (Å²) in [6.45, 7) is 4.06. The number of sulfonamides is 1. The van der Waals surface area contributed by atoms with Gasteiger partial charge in [0.25, 0.3) is 0 Å². The lowest BCUT2D eigenvalue weighted by molar-refractivity contribution is 0.554. The Hall–Kier alpha value is -0.430. The fraction of sp³-hybridized carbons (Fsp3) is 0.455. The number of hydrogen-bond donors (Lipinski definition) is 2. The highest BCUT2D eigenvalue weighted by Crippen LogP contribution is 2.20. The number of nitrogens with one attached hydrogen (secondary N) is 2. The number of benzene rings is 1. The molecule has 4 nitrogen and oxygen atoms in total. The second kappa shape index (κ2) is 5.95. The van der Waals surface area contributed by atoms with Crippen LogP contribution in [-0.4, -0.2) is 28.1 Å². The van der Waals surface area contributed by atoms with E-state index in [4.69, 9.17) is 0 Å². The molecule has 1 unspecified atom stereocenters. The molecule has 96 valence electrons. The predicted molar refractivity (Wildman–Crippen MR) is 72.6 cm³/mol. The van der Waals surface area contributed by atoms with Gasteiger partial charge >= 0.3 is 0 Å². The van der Waals surface area contributed by atoms with Crippen molar-refractivity contribution in [2.45, 2.75) is 24.8 Å². The van der Waals surface area contributed by atoms with Gasteiger partial charge in [0.1, 0.15) is 0 Å². The maximum atomic E-state index is 12.1. The van der Waals surface area contributed by atoms with Crippen LogP contribution < -0.4 is 10.0 Å². The highest BCUT2D eigenvalue weighted by atomic mass is 79.9. The van der Waals surface area contributed by atoms with Crippen molar-refractivity contribution in [1.29, 1.82) is 0 Å². The minimum Gasteiger partial charge on any atom is -0.316 e. The van der Waals surface area contributed by atoms with Crippen molar-refractivity contribution in [2.75, 3.05) is 13.6 Å². The molecule has 0 spiro atoms. The van der Waals surface area contributed by atoms with Gasteiger partial charge in [-0.2, -0.15) is 0 Å². The second-order valence-electron chi connectivity index (χ2n) is 3.95. The molecule has 1 aromatic rings. The van der Waals surface area contributed by atoms with E-state index < -0.39 is 10.0 Å². The van der Waals surface area contributed by atoms with E-state index in [0.717, 1.165) is 10.0 Å². The second-order valence-corrected chi connectivity index (χ2v) is 6.60. The largest absolute Gasteiger partial charge is 0.316 e.